The van der Waals surface area contributed by atoms with Crippen LogP contribution in [0.3, 0.4) is 0 Å². The Morgan fingerprint density at radius 3 is 2.17 bits per heavy atom. The van der Waals surface area contributed by atoms with Crippen LogP contribution in [0.5, 0.6) is 23.0 Å². The van der Waals surface area contributed by atoms with Crippen molar-refractivity contribution >= 4 is 18.0 Å². The molecule has 2 N–H and O–H groups in total. The minimum Gasteiger partial charge on any atom is -0.493 e. The first kappa shape index (κ1) is 25.1. The second-order valence-electron chi connectivity index (χ2n) is 7.20. The molecule has 3 aromatic rings. The van der Waals surface area contributed by atoms with Crippen molar-refractivity contribution in [3.63, 3.8) is 0 Å². The summed E-state index contributed by atoms with van der Waals surface area (Å²) in [6.45, 7) is 0.129. The van der Waals surface area contributed by atoms with Crippen LogP contribution < -0.4 is 29.7 Å². The molecule has 9 nitrogen and oxygen atoms in total. The highest BCUT2D eigenvalue weighted by atomic mass is 16.5. The number of nitrogens with one attached hydrogen (secondary N) is 2. The Balaban J connectivity index is 1.55. The van der Waals surface area contributed by atoms with Crippen molar-refractivity contribution < 1.29 is 28.5 Å². The SMILES string of the molecule is COc1cc(C(=O)NCC(=O)N/N=C\c2ccccc2OCc2ccccc2)cc(OC)c1OC. The molecule has 0 aliphatic rings. The fourth-order valence-electron chi connectivity index (χ4n) is 3.14. The fourth-order valence-corrected chi connectivity index (χ4v) is 3.14. The van der Waals surface area contributed by atoms with E-state index in [1.54, 1.807) is 0 Å². The average molecular weight is 478 g/mol. The number of benzene rings is 3. The molecule has 3 rings (SSSR count). The van der Waals surface area contributed by atoms with Gasteiger partial charge in [-0.05, 0) is 29.8 Å². The summed E-state index contributed by atoms with van der Waals surface area (Å²) in [6.07, 6.45) is 1.49. The minimum atomic E-state index is -0.496. The molecule has 0 aromatic heterocycles. The summed E-state index contributed by atoms with van der Waals surface area (Å²) in [7, 11) is 4.38. The van der Waals surface area contributed by atoms with E-state index in [-0.39, 0.29) is 12.1 Å². The third kappa shape index (κ3) is 6.97. The van der Waals surface area contributed by atoms with Crippen molar-refractivity contribution in [3.05, 3.63) is 83.4 Å². The number of carbonyl (C=O) groups excluding carboxylic acids is 2. The van der Waals surface area contributed by atoms with Crippen molar-refractivity contribution in [2.24, 2.45) is 5.10 Å². The number of carbonyl (C=O) groups is 2. The van der Waals surface area contributed by atoms with Crippen LogP contribution in [0.4, 0.5) is 0 Å². The summed E-state index contributed by atoms with van der Waals surface area (Å²) >= 11 is 0. The zero-order chi connectivity index (χ0) is 25.0. The number of methoxy groups -OCH3 is 3. The van der Waals surface area contributed by atoms with Gasteiger partial charge in [0.25, 0.3) is 11.8 Å². The molecule has 2 amide bonds. The van der Waals surface area contributed by atoms with E-state index >= 15 is 0 Å². The first-order valence-corrected chi connectivity index (χ1v) is 10.7. The van der Waals surface area contributed by atoms with Crippen molar-refractivity contribution in [1.82, 2.24) is 10.7 Å². The molecule has 182 valence electrons. The lowest BCUT2D eigenvalue weighted by Crippen LogP contribution is -2.35. The standard InChI is InChI=1S/C26H27N3O6/c1-32-22-13-20(14-23(33-2)25(22)34-3)26(31)27-16-24(30)29-28-15-19-11-7-8-12-21(19)35-17-18-9-5-4-6-10-18/h4-15H,16-17H2,1-3H3,(H,27,31)(H,29,30)/b28-15-. The van der Waals surface area contributed by atoms with Gasteiger partial charge < -0.3 is 24.3 Å². The molecule has 3 aromatic carbocycles. The van der Waals surface area contributed by atoms with Crippen LogP contribution in [0.1, 0.15) is 21.5 Å². The van der Waals surface area contributed by atoms with Gasteiger partial charge in [0.15, 0.2) is 11.5 Å². The van der Waals surface area contributed by atoms with Crippen LogP contribution >= 0.6 is 0 Å². The van der Waals surface area contributed by atoms with Gasteiger partial charge in [-0.3, -0.25) is 9.59 Å². The number of nitrogens with zero attached hydrogens (tertiary/aromatic N) is 1. The number of rotatable bonds is 11. The van der Waals surface area contributed by atoms with E-state index in [1.165, 1.54) is 39.7 Å². The highest BCUT2D eigenvalue weighted by Crippen LogP contribution is 2.38. The Morgan fingerprint density at radius 2 is 1.51 bits per heavy atom. The van der Waals surface area contributed by atoms with E-state index < -0.39 is 11.8 Å². The van der Waals surface area contributed by atoms with Crippen molar-refractivity contribution in [3.8, 4) is 23.0 Å². The Labute approximate surface area is 203 Å². The highest BCUT2D eigenvalue weighted by Gasteiger charge is 2.17. The molecule has 0 atom stereocenters. The summed E-state index contributed by atoms with van der Waals surface area (Å²) in [5.41, 5.74) is 4.38. The first-order valence-electron chi connectivity index (χ1n) is 10.7. The number of hydrazone groups is 1. The molecule has 0 bridgehead atoms. The maximum Gasteiger partial charge on any atom is 0.259 e. The normalized spacial score (nSPS) is 10.5. The number of amides is 2. The largest absolute Gasteiger partial charge is 0.493 e. The molecule has 35 heavy (non-hydrogen) atoms. The van der Waals surface area contributed by atoms with Gasteiger partial charge in [0.1, 0.15) is 12.4 Å². The molecular weight excluding hydrogens is 450 g/mol. The van der Waals surface area contributed by atoms with E-state index in [9.17, 15) is 9.59 Å². The maximum absolute atomic E-state index is 12.5. The van der Waals surface area contributed by atoms with Crippen LogP contribution in [0.15, 0.2) is 71.8 Å². The third-order valence-corrected chi connectivity index (χ3v) is 4.89. The Kier molecular flexibility index (Phi) is 9.07. The Bertz CT molecular complexity index is 1160. The molecule has 0 saturated heterocycles. The van der Waals surface area contributed by atoms with Crippen molar-refractivity contribution in [1.29, 1.82) is 0 Å². The molecule has 0 fully saturated rings. The van der Waals surface area contributed by atoms with E-state index in [0.29, 0.717) is 35.2 Å². The monoisotopic (exact) mass is 477 g/mol. The van der Waals surface area contributed by atoms with E-state index in [4.69, 9.17) is 18.9 Å². The lowest BCUT2D eigenvalue weighted by Gasteiger charge is -2.14. The maximum atomic E-state index is 12.5. The predicted octanol–water partition coefficient (Wildman–Crippen LogP) is 3.17. The second-order valence-corrected chi connectivity index (χ2v) is 7.20. The molecule has 0 aliphatic carbocycles. The van der Waals surface area contributed by atoms with Crippen LogP contribution in [-0.2, 0) is 11.4 Å². The molecule has 9 heteroatoms. The molecule has 0 unspecified atom stereocenters. The van der Waals surface area contributed by atoms with Crippen molar-refractivity contribution in [2.45, 2.75) is 6.61 Å². The minimum absolute atomic E-state index is 0.250. The van der Waals surface area contributed by atoms with Gasteiger partial charge in [0.2, 0.25) is 5.75 Å². The zero-order valence-electron chi connectivity index (χ0n) is 19.7. The van der Waals surface area contributed by atoms with Gasteiger partial charge in [-0.2, -0.15) is 5.10 Å². The van der Waals surface area contributed by atoms with Crippen LogP contribution in [-0.4, -0.2) is 45.9 Å². The average Bonchev–Trinajstić information content (AvgIpc) is 2.90. The third-order valence-electron chi connectivity index (χ3n) is 4.89. The summed E-state index contributed by atoms with van der Waals surface area (Å²) < 4.78 is 21.6. The molecule has 0 saturated carbocycles. The first-order chi connectivity index (χ1) is 17.0. The van der Waals surface area contributed by atoms with E-state index in [1.807, 2.05) is 54.6 Å². The second kappa shape index (κ2) is 12.6. The van der Waals surface area contributed by atoms with Gasteiger partial charge in [-0.1, -0.05) is 42.5 Å². The topological polar surface area (TPSA) is 107 Å². The Morgan fingerprint density at radius 1 is 0.857 bits per heavy atom. The fraction of sp³-hybridized carbons (Fsp3) is 0.192. The molecule has 0 heterocycles. The van der Waals surface area contributed by atoms with Gasteiger partial charge in [-0.25, -0.2) is 5.43 Å². The predicted molar refractivity (Wildman–Crippen MR) is 131 cm³/mol. The number of para-hydroxylation sites is 1. The highest BCUT2D eigenvalue weighted by molar-refractivity contribution is 5.97. The smallest absolute Gasteiger partial charge is 0.259 e. The van der Waals surface area contributed by atoms with Gasteiger partial charge in [0, 0.05) is 11.1 Å². The summed E-state index contributed by atoms with van der Waals surface area (Å²) in [5, 5.41) is 6.51. The lowest BCUT2D eigenvalue weighted by atomic mass is 10.1. The van der Waals surface area contributed by atoms with Crippen LogP contribution in [0, 0.1) is 0 Å². The van der Waals surface area contributed by atoms with Crippen molar-refractivity contribution in [2.75, 3.05) is 27.9 Å². The zero-order valence-corrected chi connectivity index (χ0v) is 19.7. The number of ether oxygens (including phenoxy) is 4. The Hall–Kier alpha value is -4.53. The van der Waals surface area contributed by atoms with Gasteiger partial charge in [0.05, 0.1) is 34.1 Å². The van der Waals surface area contributed by atoms with Gasteiger partial charge in [-0.15, -0.1) is 0 Å². The molecule has 0 radical (unpaired) electrons. The molecular formula is C26H27N3O6. The summed E-state index contributed by atoms with van der Waals surface area (Å²) in [4.78, 5) is 24.7. The van der Waals surface area contributed by atoms with Gasteiger partial charge >= 0.3 is 0 Å². The van der Waals surface area contributed by atoms with E-state index in [0.717, 1.165) is 5.56 Å². The van der Waals surface area contributed by atoms with Crippen LogP contribution in [0.25, 0.3) is 0 Å². The lowest BCUT2D eigenvalue weighted by molar-refractivity contribution is -0.120. The summed E-state index contributed by atoms with van der Waals surface area (Å²) in [5.74, 6) is 0.683. The molecule has 0 aliphatic heterocycles. The van der Waals surface area contributed by atoms with E-state index in [2.05, 4.69) is 15.8 Å². The number of hydrogen-bond acceptors (Lipinski definition) is 7. The molecule has 0 spiro atoms. The summed E-state index contributed by atoms with van der Waals surface area (Å²) in [6, 6.07) is 20.1. The number of hydrogen-bond donors (Lipinski definition) is 2. The quantitative estimate of drug-likeness (QED) is 0.325. The van der Waals surface area contributed by atoms with Crippen LogP contribution in [0.2, 0.25) is 0 Å².